The van der Waals surface area contributed by atoms with Crippen LogP contribution in [-0.2, 0) is 12.8 Å². The van der Waals surface area contributed by atoms with Crippen molar-refractivity contribution in [3.8, 4) is 5.75 Å². The number of unbranched alkanes of at least 4 members (excludes halogenated alkanes) is 4. The minimum Gasteiger partial charge on any atom is -0.508 e. The van der Waals surface area contributed by atoms with Gasteiger partial charge in [-0.05, 0) is 36.5 Å². The summed E-state index contributed by atoms with van der Waals surface area (Å²) in [4.78, 5) is 0. The van der Waals surface area contributed by atoms with Crippen molar-refractivity contribution in [1.82, 2.24) is 0 Å². The molecule has 1 heteroatoms. The molecule has 0 saturated heterocycles. The highest BCUT2D eigenvalue weighted by atomic mass is 16.3. The molecule has 0 aromatic heterocycles. The van der Waals surface area contributed by atoms with E-state index in [-0.39, 0.29) is 0 Å². The molecule has 1 aromatic rings. The summed E-state index contributed by atoms with van der Waals surface area (Å²) in [5, 5.41) is 9.58. The average molecular weight is 295 g/mol. The Kier molecular flexibility index (Phi) is 18.1. The highest BCUT2D eigenvalue weighted by molar-refractivity contribution is 5.36. The summed E-state index contributed by atoms with van der Waals surface area (Å²) in [5.74, 6) is 0.442. The van der Waals surface area contributed by atoms with E-state index in [1.807, 2.05) is 26.0 Å². The van der Waals surface area contributed by atoms with Gasteiger partial charge < -0.3 is 5.11 Å². The van der Waals surface area contributed by atoms with Gasteiger partial charge in [0.15, 0.2) is 0 Å². The molecule has 124 valence electrons. The van der Waals surface area contributed by atoms with E-state index in [9.17, 15) is 5.11 Å². The lowest BCUT2D eigenvalue weighted by atomic mass is 10.0. The molecule has 1 rings (SSSR count). The molecule has 1 nitrogen and oxygen atoms in total. The monoisotopic (exact) mass is 294 g/mol. The van der Waals surface area contributed by atoms with E-state index in [0.717, 1.165) is 18.4 Å². The van der Waals surface area contributed by atoms with Crippen molar-refractivity contribution in [3.05, 3.63) is 29.3 Å². The van der Waals surface area contributed by atoms with Crippen molar-refractivity contribution in [2.45, 2.75) is 92.9 Å². The lowest BCUT2D eigenvalue weighted by Crippen LogP contribution is -1.89. The standard InChI is InChI=1S/C15H24O.C3H8.C2H6/c1-3-5-6-7-8-9-13-10-11-15(16)14(4-2)12-13;1-3-2;1-2/h10-12,16H,3-9H2,1-2H3;3H2,1-2H3;1-2H3. The van der Waals surface area contributed by atoms with Gasteiger partial charge in [-0.25, -0.2) is 0 Å². The van der Waals surface area contributed by atoms with Crippen LogP contribution in [0.3, 0.4) is 0 Å². The van der Waals surface area contributed by atoms with Crippen molar-refractivity contribution in [2.24, 2.45) is 0 Å². The maximum absolute atomic E-state index is 9.58. The lowest BCUT2D eigenvalue weighted by Gasteiger charge is -2.06. The third-order valence-corrected chi connectivity index (χ3v) is 3.09. The first-order valence-electron chi connectivity index (χ1n) is 9.00. The van der Waals surface area contributed by atoms with Crippen LogP contribution in [0, 0.1) is 0 Å². The second kappa shape index (κ2) is 17.1. The van der Waals surface area contributed by atoms with E-state index < -0.39 is 0 Å². The minimum atomic E-state index is 0.442. The average Bonchev–Trinajstić information content (AvgIpc) is 2.51. The molecule has 0 unspecified atom stereocenters. The number of aryl methyl sites for hydroxylation is 2. The van der Waals surface area contributed by atoms with Gasteiger partial charge in [0.2, 0.25) is 0 Å². The van der Waals surface area contributed by atoms with E-state index >= 15 is 0 Å². The maximum atomic E-state index is 9.58. The molecule has 0 spiro atoms. The molecule has 0 aliphatic rings. The van der Waals surface area contributed by atoms with E-state index in [1.54, 1.807) is 0 Å². The molecular weight excluding hydrogens is 256 g/mol. The fourth-order valence-electron chi connectivity index (χ4n) is 2.01. The number of aromatic hydroxyl groups is 1. The van der Waals surface area contributed by atoms with Gasteiger partial charge >= 0.3 is 0 Å². The first-order valence-corrected chi connectivity index (χ1v) is 9.00. The van der Waals surface area contributed by atoms with Gasteiger partial charge in [0, 0.05) is 0 Å². The van der Waals surface area contributed by atoms with Gasteiger partial charge in [0.25, 0.3) is 0 Å². The van der Waals surface area contributed by atoms with Crippen molar-refractivity contribution in [1.29, 1.82) is 0 Å². The SMILES string of the molecule is CC.CCC.CCCCCCCc1ccc(O)c(CC)c1. The van der Waals surface area contributed by atoms with Crippen molar-refractivity contribution in [3.63, 3.8) is 0 Å². The van der Waals surface area contributed by atoms with Crippen LogP contribution in [0.5, 0.6) is 5.75 Å². The Labute approximate surface area is 133 Å². The van der Waals surface area contributed by atoms with Crippen LogP contribution in [0.1, 0.15) is 91.2 Å². The number of rotatable bonds is 7. The van der Waals surface area contributed by atoms with Gasteiger partial charge in [-0.1, -0.05) is 85.8 Å². The fourth-order valence-corrected chi connectivity index (χ4v) is 2.01. The molecule has 0 fully saturated rings. The zero-order valence-electron chi connectivity index (χ0n) is 15.3. The third kappa shape index (κ3) is 12.5. The number of hydrogen-bond donors (Lipinski definition) is 1. The predicted molar refractivity (Wildman–Crippen MR) is 97.3 cm³/mol. The molecule has 0 heterocycles. The molecule has 1 N–H and O–H groups in total. The van der Waals surface area contributed by atoms with Crippen molar-refractivity contribution < 1.29 is 5.11 Å². The third-order valence-electron chi connectivity index (χ3n) is 3.09. The van der Waals surface area contributed by atoms with Gasteiger partial charge in [0.1, 0.15) is 5.75 Å². The zero-order valence-corrected chi connectivity index (χ0v) is 15.3. The molecule has 0 aliphatic carbocycles. The van der Waals surface area contributed by atoms with E-state index in [4.69, 9.17) is 0 Å². The van der Waals surface area contributed by atoms with Crippen LogP contribution in [-0.4, -0.2) is 5.11 Å². The summed E-state index contributed by atoms with van der Waals surface area (Å²) >= 11 is 0. The Hall–Kier alpha value is -0.980. The second-order valence-electron chi connectivity index (χ2n) is 5.19. The highest BCUT2D eigenvalue weighted by Crippen LogP contribution is 2.20. The molecule has 0 aliphatic heterocycles. The Bertz CT molecular complexity index is 318. The first kappa shape index (κ1) is 22.3. The van der Waals surface area contributed by atoms with Crippen LogP contribution in [0.15, 0.2) is 18.2 Å². The summed E-state index contributed by atoms with van der Waals surface area (Å²) in [5.41, 5.74) is 2.44. The number of phenolic OH excluding ortho intramolecular Hbond substituents is 1. The Balaban J connectivity index is 0. The maximum Gasteiger partial charge on any atom is 0.118 e. The lowest BCUT2D eigenvalue weighted by molar-refractivity contribution is 0.468. The summed E-state index contributed by atoms with van der Waals surface area (Å²) in [6, 6.07) is 6.03. The fraction of sp³-hybridized carbons (Fsp3) is 0.700. The molecule has 0 atom stereocenters. The molecule has 21 heavy (non-hydrogen) atoms. The normalized spacial score (nSPS) is 9.24. The van der Waals surface area contributed by atoms with E-state index in [0.29, 0.717) is 5.75 Å². The smallest absolute Gasteiger partial charge is 0.118 e. The van der Waals surface area contributed by atoms with Crippen LogP contribution in [0.4, 0.5) is 0 Å². The molecule has 0 saturated carbocycles. The summed E-state index contributed by atoms with van der Waals surface area (Å²) in [6.45, 7) is 12.6. The van der Waals surface area contributed by atoms with Crippen LogP contribution < -0.4 is 0 Å². The van der Waals surface area contributed by atoms with Crippen LogP contribution in [0.2, 0.25) is 0 Å². The van der Waals surface area contributed by atoms with E-state index in [1.165, 1.54) is 44.1 Å². The summed E-state index contributed by atoms with van der Waals surface area (Å²) in [6.07, 6.45) is 9.93. The summed E-state index contributed by atoms with van der Waals surface area (Å²) < 4.78 is 0. The number of benzene rings is 1. The zero-order chi connectivity index (χ0) is 16.5. The highest BCUT2D eigenvalue weighted by Gasteiger charge is 2.00. The van der Waals surface area contributed by atoms with Crippen LogP contribution in [0.25, 0.3) is 0 Å². The van der Waals surface area contributed by atoms with Gasteiger partial charge in [-0.2, -0.15) is 0 Å². The van der Waals surface area contributed by atoms with Gasteiger partial charge in [0.05, 0.1) is 0 Å². The Morgan fingerprint density at radius 3 is 1.95 bits per heavy atom. The molecule has 0 radical (unpaired) electrons. The van der Waals surface area contributed by atoms with Gasteiger partial charge in [-0.3, -0.25) is 0 Å². The Morgan fingerprint density at radius 2 is 1.43 bits per heavy atom. The molecular formula is C20H38O. The first-order chi connectivity index (χ1) is 10.2. The largest absolute Gasteiger partial charge is 0.508 e. The van der Waals surface area contributed by atoms with Crippen molar-refractivity contribution in [2.75, 3.05) is 0 Å². The molecule has 1 aromatic carbocycles. The predicted octanol–water partition coefficient (Wildman–Crippen LogP) is 6.91. The quantitative estimate of drug-likeness (QED) is 0.542. The van der Waals surface area contributed by atoms with Crippen LogP contribution >= 0.6 is 0 Å². The number of hydrogen-bond acceptors (Lipinski definition) is 1. The van der Waals surface area contributed by atoms with Gasteiger partial charge in [-0.15, -0.1) is 0 Å². The van der Waals surface area contributed by atoms with E-state index in [2.05, 4.69) is 33.8 Å². The molecule has 0 bridgehead atoms. The molecule has 0 amide bonds. The van der Waals surface area contributed by atoms with Crippen molar-refractivity contribution >= 4 is 0 Å². The Morgan fingerprint density at radius 1 is 0.857 bits per heavy atom. The number of phenols is 1. The second-order valence-corrected chi connectivity index (χ2v) is 5.19. The minimum absolute atomic E-state index is 0.442. The summed E-state index contributed by atoms with van der Waals surface area (Å²) in [7, 11) is 0. The topological polar surface area (TPSA) is 20.2 Å².